The van der Waals surface area contributed by atoms with Gasteiger partial charge < -0.3 is 14.3 Å². The van der Waals surface area contributed by atoms with E-state index in [0.717, 1.165) is 5.69 Å². The van der Waals surface area contributed by atoms with Gasteiger partial charge >= 0.3 is 0 Å². The maximum absolute atomic E-state index is 12.0. The van der Waals surface area contributed by atoms with Gasteiger partial charge in [-0.25, -0.2) is 4.98 Å². The van der Waals surface area contributed by atoms with Crippen molar-refractivity contribution in [1.29, 1.82) is 0 Å². The second-order valence-corrected chi connectivity index (χ2v) is 5.42. The number of anilines is 1. The van der Waals surface area contributed by atoms with E-state index in [0.29, 0.717) is 20.9 Å². The van der Waals surface area contributed by atoms with Gasteiger partial charge in [0.25, 0.3) is 5.91 Å². The van der Waals surface area contributed by atoms with Crippen LogP contribution in [-0.4, -0.2) is 15.5 Å². The van der Waals surface area contributed by atoms with Crippen LogP contribution in [0.2, 0.25) is 5.02 Å². The number of carbonyl (C=O) groups excluding carboxylic acids is 1. The van der Waals surface area contributed by atoms with Crippen molar-refractivity contribution in [2.45, 2.75) is 0 Å². The van der Waals surface area contributed by atoms with Crippen LogP contribution in [0.3, 0.4) is 0 Å². The van der Waals surface area contributed by atoms with E-state index in [1.807, 2.05) is 6.07 Å². The molecule has 7 heteroatoms. The lowest BCUT2D eigenvalue weighted by Gasteiger charge is -2.08. The Morgan fingerprint density at radius 1 is 1.38 bits per heavy atom. The molecular weight excluding hydrogens is 358 g/mol. The molecule has 0 saturated carbocycles. The van der Waals surface area contributed by atoms with Crippen molar-refractivity contribution >= 4 is 39.1 Å². The van der Waals surface area contributed by atoms with E-state index in [2.05, 4.69) is 26.2 Å². The molecule has 0 saturated heterocycles. The van der Waals surface area contributed by atoms with Gasteiger partial charge in [0, 0.05) is 24.1 Å². The van der Waals surface area contributed by atoms with Gasteiger partial charge in [-0.3, -0.25) is 4.79 Å². The molecule has 3 aromatic rings. The molecular formula is C14H9BrClN3O2. The summed E-state index contributed by atoms with van der Waals surface area (Å²) in [6, 6.07) is 6.86. The van der Waals surface area contributed by atoms with Crippen LogP contribution >= 0.6 is 27.5 Å². The molecule has 21 heavy (non-hydrogen) atoms. The predicted octanol–water partition coefficient (Wildman–Crippen LogP) is 4.13. The molecule has 0 bridgehead atoms. The minimum atomic E-state index is -0.268. The number of imidazole rings is 1. The van der Waals surface area contributed by atoms with Crippen molar-refractivity contribution in [1.82, 2.24) is 9.55 Å². The van der Waals surface area contributed by atoms with Gasteiger partial charge in [-0.05, 0) is 34.1 Å². The molecule has 0 radical (unpaired) electrons. The zero-order valence-corrected chi connectivity index (χ0v) is 12.9. The van der Waals surface area contributed by atoms with E-state index >= 15 is 0 Å². The van der Waals surface area contributed by atoms with Crippen LogP contribution in [0.15, 0.2) is 58.3 Å². The molecule has 0 atom stereocenters. The second kappa shape index (κ2) is 5.75. The van der Waals surface area contributed by atoms with Gasteiger partial charge in [0.05, 0.1) is 22.6 Å². The number of hydrogen-bond acceptors (Lipinski definition) is 3. The minimum absolute atomic E-state index is 0.268. The number of carbonyl (C=O) groups is 1. The molecule has 1 N–H and O–H groups in total. The maximum atomic E-state index is 12.0. The van der Waals surface area contributed by atoms with E-state index < -0.39 is 0 Å². The molecule has 0 aliphatic rings. The topological polar surface area (TPSA) is 60.1 Å². The van der Waals surface area contributed by atoms with Crippen molar-refractivity contribution in [3.8, 4) is 5.69 Å². The predicted molar refractivity (Wildman–Crippen MR) is 82.9 cm³/mol. The molecule has 2 aromatic heterocycles. The Morgan fingerprint density at radius 3 is 2.86 bits per heavy atom. The van der Waals surface area contributed by atoms with Crippen LogP contribution < -0.4 is 5.32 Å². The molecule has 0 unspecified atom stereocenters. The standard InChI is InChI=1S/C14H9BrClN3O2/c15-13-5-9(7-21-13)14(20)18-10-1-2-12(11(16)6-10)19-4-3-17-8-19/h1-8H,(H,18,20). The van der Waals surface area contributed by atoms with Gasteiger partial charge in [0.15, 0.2) is 4.67 Å². The molecule has 1 amide bonds. The number of hydrogen-bond donors (Lipinski definition) is 1. The Labute approximate surface area is 133 Å². The smallest absolute Gasteiger partial charge is 0.258 e. The third-order valence-electron chi connectivity index (χ3n) is 2.82. The molecule has 106 valence electrons. The highest BCUT2D eigenvalue weighted by Crippen LogP contribution is 2.25. The molecule has 2 heterocycles. The fourth-order valence-electron chi connectivity index (χ4n) is 1.83. The van der Waals surface area contributed by atoms with E-state index in [1.54, 1.807) is 41.5 Å². The average molecular weight is 367 g/mol. The van der Waals surface area contributed by atoms with Crippen LogP contribution in [0.1, 0.15) is 10.4 Å². The van der Waals surface area contributed by atoms with E-state index in [4.69, 9.17) is 16.0 Å². The minimum Gasteiger partial charge on any atom is -0.457 e. The summed E-state index contributed by atoms with van der Waals surface area (Å²) in [6.45, 7) is 0. The first-order chi connectivity index (χ1) is 10.1. The number of nitrogens with one attached hydrogen (secondary N) is 1. The van der Waals surface area contributed by atoms with Crippen LogP contribution in [0, 0.1) is 0 Å². The first-order valence-corrected chi connectivity index (χ1v) is 7.14. The summed E-state index contributed by atoms with van der Waals surface area (Å²) in [5.41, 5.74) is 1.82. The summed E-state index contributed by atoms with van der Waals surface area (Å²) in [4.78, 5) is 16.0. The van der Waals surface area contributed by atoms with Gasteiger partial charge in [-0.15, -0.1) is 0 Å². The van der Waals surface area contributed by atoms with Crippen molar-refractivity contribution in [3.63, 3.8) is 0 Å². The zero-order valence-electron chi connectivity index (χ0n) is 10.6. The molecule has 5 nitrogen and oxygen atoms in total. The average Bonchev–Trinajstić information content (AvgIpc) is 3.10. The summed E-state index contributed by atoms with van der Waals surface area (Å²) >= 11 is 9.38. The number of nitrogens with zero attached hydrogens (tertiary/aromatic N) is 2. The third-order valence-corrected chi connectivity index (χ3v) is 3.54. The second-order valence-electron chi connectivity index (χ2n) is 4.23. The number of aromatic nitrogens is 2. The zero-order chi connectivity index (χ0) is 14.8. The summed E-state index contributed by atoms with van der Waals surface area (Å²) < 4.78 is 7.33. The first-order valence-electron chi connectivity index (χ1n) is 5.97. The number of halogens is 2. The molecule has 3 rings (SSSR count). The molecule has 1 aromatic carbocycles. The highest BCUT2D eigenvalue weighted by atomic mass is 79.9. The van der Waals surface area contributed by atoms with E-state index in [-0.39, 0.29) is 5.91 Å². The van der Waals surface area contributed by atoms with Gasteiger partial charge in [0.2, 0.25) is 0 Å². The highest BCUT2D eigenvalue weighted by Gasteiger charge is 2.11. The largest absolute Gasteiger partial charge is 0.457 e. The monoisotopic (exact) mass is 365 g/mol. The van der Waals surface area contributed by atoms with Crippen molar-refractivity contribution in [2.24, 2.45) is 0 Å². The van der Waals surface area contributed by atoms with Crippen LogP contribution in [0.5, 0.6) is 0 Å². The van der Waals surface area contributed by atoms with Gasteiger partial charge in [-0.1, -0.05) is 11.6 Å². The fourth-order valence-corrected chi connectivity index (χ4v) is 2.45. The van der Waals surface area contributed by atoms with Crippen molar-refractivity contribution in [2.75, 3.05) is 5.32 Å². The van der Waals surface area contributed by atoms with E-state index in [1.165, 1.54) is 6.26 Å². The summed E-state index contributed by atoms with van der Waals surface area (Å²) in [5, 5.41) is 3.27. The molecule has 0 aliphatic heterocycles. The van der Waals surface area contributed by atoms with Gasteiger partial charge in [0.1, 0.15) is 6.26 Å². The normalized spacial score (nSPS) is 10.6. The van der Waals surface area contributed by atoms with E-state index in [9.17, 15) is 4.79 Å². The Morgan fingerprint density at radius 2 is 2.24 bits per heavy atom. The summed E-state index contributed by atoms with van der Waals surface area (Å²) in [6.07, 6.45) is 6.49. The van der Waals surface area contributed by atoms with Crippen molar-refractivity contribution < 1.29 is 9.21 Å². The Hall–Kier alpha value is -2.05. The SMILES string of the molecule is O=C(Nc1ccc(-n2ccnc2)c(Cl)c1)c1coc(Br)c1. The lowest BCUT2D eigenvalue weighted by Crippen LogP contribution is -2.10. The summed E-state index contributed by atoms with van der Waals surface area (Å²) in [7, 11) is 0. The Kier molecular flexibility index (Phi) is 3.81. The fraction of sp³-hybridized carbons (Fsp3) is 0. The molecule has 0 spiro atoms. The van der Waals surface area contributed by atoms with Crippen LogP contribution in [0.4, 0.5) is 5.69 Å². The summed E-state index contributed by atoms with van der Waals surface area (Å²) in [5.74, 6) is -0.268. The first kappa shape index (κ1) is 13.9. The van der Waals surface area contributed by atoms with Gasteiger partial charge in [-0.2, -0.15) is 0 Å². The number of amides is 1. The van der Waals surface area contributed by atoms with Crippen molar-refractivity contribution in [3.05, 3.63) is 64.5 Å². The lowest BCUT2D eigenvalue weighted by molar-refractivity contribution is 0.102. The Balaban J connectivity index is 1.81. The maximum Gasteiger partial charge on any atom is 0.258 e. The van der Waals surface area contributed by atoms with Crippen LogP contribution in [-0.2, 0) is 0 Å². The lowest BCUT2D eigenvalue weighted by atomic mass is 10.2. The molecule has 0 aliphatic carbocycles. The number of furan rings is 1. The number of benzene rings is 1. The molecule has 0 fully saturated rings. The highest BCUT2D eigenvalue weighted by molar-refractivity contribution is 9.10. The quantitative estimate of drug-likeness (QED) is 0.758. The Bertz CT molecular complexity index is 783. The third kappa shape index (κ3) is 3.01. The van der Waals surface area contributed by atoms with Crippen LogP contribution in [0.25, 0.3) is 5.69 Å². The number of rotatable bonds is 3.